The highest BCUT2D eigenvalue weighted by atomic mass is 16.5. The van der Waals surface area contributed by atoms with Crippen LogP contribution in [0.1, 0.15) is 56.3 Å². The number of amides is 2. The average molecular weight is 358 g/mol. The highest BCUT2D eigenvalue weighted by Crippen LogP contribution is 2.22. The number of rotatable bonds is 7. The van der Waals surface area contributed by atoms with Crippen molar-refractivity contribution in [1.29, 1.82) is 0 Å². The first kappa shape index (κ1) is 18.7. The molecule has 1 aromatic rings. The van der Waals surface area contributed by atoms with Crippen LogP contribution >= 0.6 is 0 Å². The van der Waals surface area contributed by atoms with Gasteiger partial charge in [-0.05, 0) is 49.8 Å². The number of nitrogens with one attached hydrogen (secondary N) is 1. The summed E-state index contributed by atoms with van der Waals surface area (Å²) in [4.78, 5) is 26.4. The second-order valence-corrected chi connectivity index (χ2v) is 8.03. The lowest BCUT2D eigenvalue weighted by Gasteiger charge is -2.33. The maximum Gasteiger partial charge on any atom is 0.251 e. The lowest BCUT2D eigenvalue weighted by atomic mass is 9.98. The van der Waals surface area contributed by atoms with Gasteiger partial charge >= 0.3 is 0 Å². The van der Waals surface area contributed by atoms with Crippen molar-refractivity contribution in [2.45, 2.75) is 52.0 Å². The molecule has 3 rings (SSSR count). The number of ether oxygens (including phenoxy) is 1. The van der Waals surface area contributed by atoms with Crippen LogP contribution in [-0.4, -0.2) is 42.5 Å². The summed E-state index contributed by atoms with van der Waals surface area (Å²) in [6.45, 7) is 6.37. The highest BCUT2D eigenvalue weighted by molar-refractivity contribution is 5.94. The fraction of sp³-hybridized carbons (Fsp3) is 0.619. The topological polar surface area (TPSA) is 58.6 Å². The lowest BCUT2D eigenvalue weighted by Crippen LogP contribution is -2.41. The minimum atomic E-state index is -0.0268. The third-order valence-electron chi connectivity index (χ3n) is 4.95. The van der Waals surface area contributed by atoms with E-state index in [9.17, 15) is 9.59 Å². The molecule has 142 valence electrons. The molecule has 0 bridgehead atoms. The number of nitrogens with zero attached hydrogens (tertiary/aromatic N) is 1. The van der Waals surface area contributed by atoms with Gasteiger partial charge in [0, 0.05) is 37.0 Å². The van der Waals surface area contributed by atoms with Gasteiger partial charge in [-0.15, -0.1) is 0 Å². The predicted molar refractivity (Wildman–Crippen MR) is 101 cm³/mol. The van der Waals surface area contributed by atoms with E-state index in [1.807, 2.05) is 29.2 Å². The zero-order valence-electron chi connectivity index (χ0n) is 15.9. The summed E-state index contributed by atoms with van der Waals surface area (Å²) < 4.78 is 5.95. The predicted octanol–water partition coefficient (Wildman–Crippen LogP) is 3.24. The van der Waals surface area contributed by atoms with Gasteiger partial charge in [0.15, 0.2) is 0 Å². The van der Waals surface area contributed by atoms with Gasteiger partial charge in [0.1, 0.15) is 5.75 Å². The normalized spacial score (nSPS) is 20.1. The molecule has 2 amide bonds. The van der Waals surface area contributed by atoms with Gasteiger partial charge in [-0.2, -0.15) is 0 Å². The summed E-state index contributed by atoms with van der Waals surface area (Å²) >= 11 is 0. The Morgan fingerprint density at radius 1 is 1.27 bits per heavy atom. The molecule has 2 fully saturated rings. The molecule has 1 aliphatic carbocycles. The van der Waals surface area contributed by atoms with Crippen molar-refractivity contribution in [2.24, 2.45) is 11.8 Å². The largest absolute Gasteiger partial charge is 0.493 e. The van der Waals surface area contributed by atoms with Gasteiger partial charge in [-0.1, -0.05) is 19.9 Å². The fourth-order valence-electron chi connectivity index (χ4n) is 3.34. The van der Waals surface area contributed by atoms with Gasteiger partial charge in [-0.3, -0.25) is 9.59 Å². The quantitative estimate of drug-likeness (QED) is 0.814. The van der Waals surface area contributed by atoms with Crippen molar-refractivity contribution in [1.82, 2.24) is 10.2 Å². The average Bonchev–Trinajstić information content (AvgIpc) is 3.44. The second kappa shape index (κ2) is 8.56. The van der Waals surface area contributed by atoms with Crippen LogP contribution in [0.4, 0.5) is 0 Å². The molecule has 1 saturated carbocycles. The molecule has 1 heterocycles. The van der Waals surface area contributed by atoms with E-state index in [2.05, 4.69) is 19.2 Å². The van der Waals surface area contributed by atoms with Gasteiger partial charge in [0.2, 0.25) is 5.91 Å². The molecule has 5 heteroatoms. The molecular weight excluding hydrogens is 328 g/mol. The molecule has 5 nitrogen and oxygen atoms in total. The molecule has 0 radical (unpaired) electrons. The number of piperidine rings is 1. The van der Waals surface area contributed by atoms with E-state index in [0.717, 1.165) is 44.5 Å². The minimum absolute atomic E-state index is 0.0268. The van der Waals surface area contributed by atoms with Gasteiger partial charge in [-0.25, -0.2) is 0 Å². The van der Waals surface area contributed by atoms with Gasteiger partial charge in [0.05, 0.1) is 6.61 Å². The summed E-state index contributed by atoms with van der Waals surface area (Å²) in [6, 6.07) is 7.72. The standard InChI is InChI=1S/C21H30N2O3/c1-15(2)11-20(24)23-10-4-5-16(13-23)14-26-19-7-3-6-17(12-19)21(25)22-18-8-9-18/h3,6-7,12,15-16,18H,4-5,8-11,13-14H2,1-2H3,(H,22,25)/t16-/m1/s1. The third kappa shape index (κ3) is 5.48. The molecule has 0 spiro atoms. The Hall–Kier alpha value is -2.04. The van der Waals surface area contributed by atoms with Crippen molar-refractivity contribution in [2.75, 3.05) is 19.7 Å². The number of hydrogen-bond acceptors (Lipinski definition) is 3. The van der Waals surface area contributed by atoms with Crippen molar-refractivity contribution < 1.29 is 14.3 Å². The Morgan fingerprint density at radius 2 is 2.08 bits per heavy atom. The van der Waals surface area contributed by atoms with Crippen LogP contribution in [0.2, 0.25) is 0 Å². The Kier molecular flexibility index (Phi) is 6.17. The minimum Gasteiger partial charge on any atom is -0.493 e. The smallest absolute Gasteiger partial charge is 0.251 e. The van der Waals surface area contributed by atoms with Crippen LogP contribution in [0.3, 0.4) is 0 Å². The van der Waals surface area contributed by atoms with Crippen LogP contribution in [0, 0.1) is 11.8 Å². The van der Waals surface area contributed by atoms with E-state index in [1.54, 1.807) is 0 Å². The van der Waals surface area contributed by atoms with E-state index >= 15 is 0 Å². The maximum atomic E-state index is 12.3. The maximum absolute atomic E-state index is 12.3. The van der Waals surface area contributed by atoms with Crippen LogP contribution in [0.5, 0.6) is 5.75 Å². The lowest BCUT2D eigenvalue weighted by molar-refractivity contribution is -0.134. The summed E-state index contributed by atoms with van der Waals surface area (Å²) in [5.41, 5.74) is 0.645. The Balaban J connectivity index is 1.50. The van der Waals surface area contributed by atoms with Gasteiger partial charge in [0.25, 0.3) is 5.91 Å². The Labute approximate surface area is 156 Å². The number of hydrogen-bond donors (Lipinski definition) is 1. The first-order chi connectivity index (χ1) is 12.5. The molecule has 26 heavy (non-hydrogen) atoms. The fourth-order valence-corrected chi connectivity index (χ4v) is 3.34. The molecular formula is C21H30N2O3. The zero-order chi connectivity index (χ0) is 18.5. The number of carbonyl (C=O) groups excluding carboxylic acids is 2. The summed E-state index contributed by atoms with van der Waals surface area (Å²) in [7, 11) is 0. The first-order valence-corrected chi connectivity index (χ1v) is 9.82. The number of likely N-dealkylation sites (tertiary alicyclic amines) is 1. The molecule has 1 N–H and O–H groups in total. The summed E-state index contributed by atoms with van der Waals surface area (Å²) in [5.74, 6) is 1.69. The summed E-state index contributed by atoms with van der Waals surface area (Å²) in [5, 5.41) is 3.00. The zero-order valence-corrected chi connectivity index (χ0v) is 15.9. The third-order valence-corrected chi connectivity index (χ3v) is 4.95. The number of carbonyl (C=O) groups is 2. The number of benzene rings is 1. The molecule has 1 saturated heterocycles. The molecule has 0 aromatic heterocycles. The van der Waals surface area contributed by atoms with Gasteiger partial charge < -0.3 is 15.0 Å². The molecule has 1 aliphatic heterocycles. The Bertz CT molecular complexity index is 640. The van der Waals surface area contributed by atoms with Crippen molar-refractivity contribution in [3.05, 3.63) is 29.8 Å². The van der Waals surface area contributed by atoms with Crippen molar-refractivity contribution in [3.8, 4) is 5.75 Å². The van der Waals surface area contributed by atoms with Crippen molar-refractivity contribution in [3.63, 3.8) is 0 Å². The van der Waals surface area contributed by atoms with Crippen LogP contribution < -0.4 is 10.1 Å². The first-order valence-electron chi connectivity index (χ1n) is 9.82. The van der Waals surface area contributed by atoms with Crippen molar-refractivity contribution >= 4 is 11.8 Å². The Morgan fingerprint density at radius 3 is 2.81 bits per heavy atom. The van der Waals surface area contributed by atoms with Crippen LogP contribution in [0.15, 0.2) is 24.3 Å². The van der Waals surface area contributed by atoms with Crippen LogP contribution in [-0.2, 0) is 4.79 Å². The van der Waals surface area contributed by atoms with E-state index in [1.165, 1.54) is 0 Å². The second-order valence-electron chi connectivity index (χ2n) is 8.03. The molecule has 2 aliphatic rings. The van der Waals surface area contributed by atoms with E-state index in [-0.39, 0.29) is 11.8 Å². The summed E-state index contributed by atoms with van der Waals surface area (Å²) in [6.07, 6.45) is 4.88. The van der Waals surface area contributed by atoms with E-state index in [4.69, 9.17) is 4.74 Å². The van der Waals surface area contributed by atoms with Crippen LogP contribution in [0.25, 0.3) is 0 Å². The highest BCUT2D eigenvalue weighted by Gasteiger charge is 2.25. The van der Waals surface area contributed by atoms with E-state index in [0.29, 0.717) is 36.5 Å². The molecule has 0 unspecified atom stereocenters. The molecule has 1 atom stereocenters. The molecule has 1 aromatic carbocycles. The van der Waals surface area contributed by atoms with E-state index < -0.39 is 0 Å². The SMILES string of the molecule is CC(C)CC(=O)N1CCC[C@@H](COc2cccc(C(=O)NC3CC3)c2)C1. The monoisotopic (exact) mass is 358 g/mol.